The molecule has 1 aliphatic rings. The molecule has 106 valence electrons. The molecule has 18 heavy (non-hydrogen) atoms. The molecule has 1 amide bonds. The lowest BCUT2D eigenvalue weighted by molar-refractivity contribution is -0.131. The van der Waals surface area contributed by atoms with Crippen molar-refractivity contribution in [3.63, 3.8) is 0 Å². The first-order valence-electron chi connectivity index (χ1n) is 6.77. The zero-order valence-electron chi connectivity index (χ0n) is 11.6. The van der Waals surface area contributed by atoms with E-state index in [0.717, 1.165) is 0 Å². The van der Waals surface area contributed by atoms with Crippen LogP contribution in [0.15, 0.2) is 0 Å². The van der Waals surface area contributed by atoms with E-state index in [0.29, 0.717) is 38.9 Å². The van der Waals surface area contributed by atoms with E-state index >= 15 is 0 Å². The van der Waals surface area contributed by atoms with Crippen molar-refractivity contribution in [2.45, 2.75) is 31.7 Å². The van der Waals surface area contributed by atoms with E-state index in [4.69, 9.17) is 9.47 Å². The van der Waals surface area contributed by atoms with Gasteiger partial charge in [0.25, 0.3) is 0 Å². The van der Waals surface area contributed by atoms with Gasteiger partial charge in [0.05, 0.1) is 19.8 Å². The number of hydrogen-bond acceptors (Lipinski definition) is 4. The molecule has 0 unspecified atom stereocenters. The van der Waals surface area contributed by atoms with Gasteiger partial charge in [-0.15, -0.1) is 0 Å². The molecule has 0 aromatic heterocycles. The Hall–Kier alpha value is -0.650. The molecule has 0 aromatic rings. The number of rotatable bonds is 9. The van der Waals surface area contributed by atoms with Crippen LogP contribution in [0, 0.1) is 0 Å². The van der Waals surface area contributed by atoms with Crippen LogP contribution in [-0.2, 0) is 14.3 Å². The summed E-state index contributed by atoms with van der Waals surface area (Å²) < 4.78 is 10.1. The molecular formula is C13H26N2O3. The second kappa shape index (κ2) is 9.30. The summed E-state index contributed by atoms with van der Waals surface area (Å²) in [6.45, 7) is 2.83. The first-order chi connectivity index (χ1) is 8.77. The first kappa shape index (κ1) is 15.4. The second-order valence-corrected chi connectivity index (χ2v) is 4.73. The third-order valence-electron chi connectivity index (χ3n) is 3.38. The molecule has 0 aliphatic heterocycles. The van der Waals surface area contributed by atoms with Crippen LogP contribution in [0.3, 0.4) is 0 Å². The van der Waals surface area contributed by atoms with Gasteiger partial charge in [0.15, 0.2) is 0 Å². The maximum Gasteiger partial charge on any atom is 0.236 e. The van der Waals surface area contributed by atoms with Crippen LogP contribution in [0.25, 0.3) is 0 Å². The lowest BCUT2D eigenvalue weighted by atomic mass is 10.2. The highest BCUT2D eigenvalue weighted by molar-refractivity contribution is 5.78. The number of nitrogens with one attached hydrogen (secondary N) is 1. The van der Waals surface area contributed by atoms with Gasteiger partial charge in [-0.2, -0.15) is 0 Å². The van der Waals surface area contributed by atoms with Crippen LogP contribution in [-0.4, -0.2) is 63.9 Å². The van der Waals surface area contributed by atoms with E-state index < -0.39 is 0 Å². The Bertz CT molecular complexity index is 222. The van der Waals surface area contributed by atoms with Crippen molar-refractivity contribution >= 4 is 5.91 Å². The van der Waals surface area contributed by atoms with Crippen molar-refractivity contribution in [1.82, 2.24) is 10.2 Å². The molecule has 0 atom stereocenters. The summed E-state index contributed by atoms with van der Waals surface area (Å²) >= 11 is 0. The fraction of sp³-hybridized carbons (Fsp3) is 0.923. The number of hydrogen-bond donors (Lipinski definition) is 1. The zero-order valence-corrected chi connectivity index (χ0v) is 11.6. The molecular weight excluding hydrogens is 232 g/mol. The van der Waals surface area contributed by atoms with E-state index in [1.807, 2.05) is 0 Å². The van der Waals surface area contributed by atoms with Crippen molar-refractivity contribution in [3.8, 4) is 0 Å². The highest BCUT2D eigenvalue weighted by Gasteiger charge is 2.18. The van der Waals surface area contributed by atoms with Gasteiger partial charge < -0.3 is 19.7 Å². The summed E-state index contributed by atoms with van der Waals surface area (Å²) in [4.78, 5) is 13.9. The third kappa shape index (κ3) is 5.80. The third-order valence-corrected chi connectivity index (χ3v) is 3.38. The number of ether oxygens (including phenoxy) is 2. The molecule has 0 heterocycles. The summed E-state index contributed by atoms with van der Waals surface area (Å²) in [5.74, 6) is 0.135. The highest BCUT2D eigenvalue weighted by Crippen LogP contribution is 2.17. The number of methoxy groups -OCH3 is 2. The zero-order chi connectivity index (χ0) is 13.2. The van der Waals surface area contributed by atoms with E-state index in [-0.39, 0.29) is 5.91 Å². The molecule has 1 N–H and O–H groups in total. The maximum absolute atomic E-state index is 12.1. The van der Waals surface area contributed by atoms with Gasteiger partial charge >= 0.3 is 0 Å². The molecule has 5 heteroatoms. The van der Waals surface area contributed by atoms with E-state index in [1.54, 1.807) is 19.1 Å². The number of carbonyl (C=O) groups excluding carboxylic acids is 1. The Balaban J connectivity index is 2.27. The van der Waals surface area contributed by atoms with Crippen LogP contribution >= 0.6 is 0 Å². The topological polar surface area (TPSA) is 50.8 Å². The molecule has 1 saturated carbocycles. The van der Waals surface area contributed by atoms with Gasteiger partial charge in [0, 0.05) is 33.4 Å². The van der Waals surface area contributed by atoms with Crippen LogP contribution in [0.4, 0.5) is 0 Å². The molecule has 0 spiro atoms. The minimum atomic E-state index is 0.135. The van der Waals surface area contributed by atoms with Crippen LogP contribution in [0.5, 0.6) is 0 Å². The lowest BCUT2D eigenvalue weighted by Gasteiger charge is -2.23. The Labute approximate surface area is 110 Å². The van der Waals surface area contributed by atoms with Gasteiger partial charge in [-0.3, -0.25) is 4.79 Å². The molecule has 0 saturated heterocycles. The van der Waals surface area contributed by atoms with Crippen molar-refractivity contribution in [2.24, 2.45) is 0 Å². The van der Waals surface area contributed by atoms with E-state index in [9.17, 15) is 4.79 Å². The molecule has 0 aromatic carbocycles. The predicted molar refractivity (Wildman–Crippen MR) is 70.6 cm³/mol. The summed E-state index contributed by atoms with van der Waals surface area (Å²) in [5, 5.41) is 3.34. The normalized spacial score (nSPS) is 16.1. The summed E-state index contributed by atoms with van der Waals surface area (Å²) in [6.07, 6.45) is 4.96. The molecule has 5 nitrogen and oxygen atoms in total. The maximum atomic E-state index is 12.1. The summed E-state index contributed by atoms with van der Waals surface area (Å²) in [7, 11) is 3.30. The van der Waals surface area contributed by atoms with Crippen molar-refractivity contribution in [1.29, 1.82) is 0 Å². The quantitative estimate of drug-likeness (QED) is 0.659. The van der Waals surface area contributed by atoms with Gasteiger partial charge in [0.1, 0.15) is 0 Å². The van der Waals surface area contributed by atoms with E-state index in [1.165, 1.54) is 25.7 Å². The van der Waals surface area contributed by atoms with Crippen LogP contribution in [0.1, 0.15) is 25.7 Å². The lowest BCUT2D eigenvalue weighted by Crippen LogP contribution is -2.43. The molecule has 1 rings (SSSR count). The summed E-state index contributed by atoms with van der Waals surface area (Å²) in [5.41, 5.74) is 0. The van der Waals surface area contributed by atoms with Crippen molar-refractivity contribution in [3.05, 3.63) is 0 Å². The monoisotopic (exact) mass is 258 g/mol. The average Bonchev–Trinajstić information content (AvgIpc) is 2.89. The van der Waals surface area contributed by atoms with Gasteiger partial charge in [-0.05, 0) is 12.8 Å². The Morgan fingerprint density at radius 2 is 1.72 bits per heavy atom. The fourth-order valence-electron chi connectivity index (χ4n) is 2.24. The van der Waals surface area contributed by atoms with Crippen LogP contribution in [0.2, 0.25) is 0 Å². The largest absolute Gasteiger partial charge is 0.383 e. The minimum Gasteiger partial charge on any atom is -0.383 e. The average molecular weight is 258 g/mol. The van der Waals surface area contributed by atoms with Crippen LogP contribution < -0.4 is 5.32 Å². The predicted octanol–water partition coefficient (Wildman–Crippen LogP) is 0.640. The number of carbonyl (C=O) groups is 1. The Morgan fingerprint density at radius 3 is 2.22 bits per heavy atom. The van der Waals surface area contributed by atoms with Gasteiger partial charge in [0.2, 0.25) is 5.91 Å². The molecule has 0 radical (unpaired) electrons. The van der Waals surface area contributed by atoms with Crippen molar-refractivity contribution in [2.75, 3.05) is 47.1 Å². The molecule has 1 fully saturated rings. The fourth-order valence-corrected chi connectivity index (χ4v) is 2.24. The van der Waals surface area contributed by atoms with Crippen molar-refractivity contribution < 1.29 is 14.3 Å². The molecule has 0 bridgehead atoms. The SMILES string of the molecule is COCCN(CCOC)C(=O)CNC1CCCC1. The van der Waals surface area contributed by atoms with E-state index in [2.05, 4.69) is 5.32 Å². The summed E-state index contributed by atoms with van der Waals surface area (Å²) in [6, 6.07) is 0.528. The number of nitrogens with zero attached hydrogens (tertiary/aromatic N) is 1. The Kier molecular flexibility index (Phi) is 7.96. The molecule has 1 aliphatic carbocycles. The smallest absolute Gasteiger partial charge is 0.236 e. The van der Waals surface area contributed by atoms with Gasteiger partial charge in [-0.25, -0.2) is 0 Å². The number of amides is 1. The minimum absolute atomic E-state index is 0.135. The second-order valence-electron chi connectivity index (χ2n) is 4.73. The van der Waals surface area contributed by atoms with Gasteiger partial charge in [-0.1, -0.05) is 12.8 Å². The standard InChI is InChI=1S/C13H26N2O3/c1-17-9-7-15(8-10-18-2)13(16)11-14-12-5-3-4-6-12/h12,14H,3-11H2,1-2H3. The Morgan fingerprint density at radius 1 is 1.17 bits per heavy atom. The highest BCUT2D eigenvalue weighted by atomic mass is 16.5. The first-order valence-corrected chi connectivity index (χ1v) is 6.77.